The van der Waals surface area contributed by atoms with Gasteiger partial charge in [-0.15, -0.1) is 0 Å². The number of hydrogen-bond donors (Lipinski definition) is 0. The van der Waals surface area contributed by atoms with Crippen molar-refractivity contribution >= 4 is 17.5 Å². The fraction of sp³-hybridized carbons (Fsp3) is 0.300. The molecule has 1 atom stereocenters. The van der Waals surface area contributed by atoms with Crippen LogP contribution in [-0.2, 0) is 17.7 Å². The topological polar surface area (TPSA) is 73.1 Å². The lowest BCUT2D eigenvalue weighted by molar-refractivity contribution is 0.0465. The van der Waals surface area contributed by atoms with E-state index in [2.05, 4.69) is 15.1 Å². The van der Waals surface area contributed by atoms with E-state index in [4.69, 9.17) is 16.3 Å². The predicted molar refractivity (Wildman–Crippen MR) is 105 cm³/mol. The Bertz CT molecular complexity index is 1120. The number of nitrogens with zero attached hydrogens (tertiary/aromatic N) is 5. The molecular weight excluding hydrogens is 416 g/mol. The molecule has 0 radical (unpaired) electrons. The molecule has 2 aromatic heterocycles. The van der Waals surface area contributed by atoms with Crippen LogP contribution in [0.1, 0.15) is 27.2 Å². The highest BCUT2D eigenvalue weighted by molar-refractivity contribution is 6.28. The van der Waals surface area contributed by atoms with Gasteiger partial charge in [0, 0.05) is 37.2 Å². The molecule has 0 saturated carbocycles. The minimum atomic E-state index is -0.957. The van der Waals surface area contributed by atoms with Crippen LogP contribution in [0.2, 0.25) is 5.28 Å². The Morgan fingerprint density at radius 1 is 1.30 bits per heavy atom. The molecule has 30 heavy (non-hydrogen) atoms. The second-order valence-corrected chi connectivity index (χ2v) is 7.43. The Balaban J connectivity index is 1.69. The molecule has 10 heteroatoms. The lowest BCUT2D eigenvalue weighted by atomic mass is 9.98. The zero-order chi connectivity index (χ0) is 21.4. The Morgan fingerprint density at radius 2 is 2.10 bits per heavy atom. The second kappa shape index (κ2) is 8.08. The number of aryl methyl sites for hydroxylation is 1. The summed E-state index contributed by atoms with van der Waals surface area (Å²) in [5.41, 5.74) is 2.25. The Hall–Kier alpha value is -2.91. The molecule has 156 valence electrons. The first-order valence-corrected chi connectivity index (χ1v) is 9.57. The SMILES string of the molecule is COC[C@H]1Cc2cn(-c3nc(Cl)ncc3C)nc2C(=O)N1Cc1ccc(F)c(F)c1. The summed E-state index contributed by atoms with van der Waals surface area (Å²) in [6.45, 7) is 2.21. The number of amides is 1. The minimum absolute atomic E-state index is 0.0765. The summed E-state index contributed by atoms with van der Waals surface area (Å²) >= 11 is 5.91. The van der Waals surface area contributed by atoms with Crippen LogP contribution in [0.4, 0.5) is 8.78 Å². The number of hydrogen-bond acceptors (Lipinski definition) is 5. The molecule has 4 rings (SSSR count). The maximum absolute atomic E-state index is 13.6. The van der Waals surface area contributed by atoms with Gasteiger partial charge in [-0.05, 0) is 42.6 Å². The summed E-state index contributed by atoms with van der Waals surface area (Å²) in [7, 11) is 1.55. The quantitative estimate of drug-likeness (QED) is 0.578. The fourth-order valence-electron chi connectivity index (χ4n) is 3.53. The van der Waals surface area contributed by atoms with Crippen molar-refractivity contribution < 1.29 is 18.3 Å². The zero-order valence-electron chi connectivity index (χ0n) is 16.3. The third kappa shape index (κ3) is 3.78. The first kappa shape index (κ1) is 20.4. The standard InChI is InChI=1S/C20H18ClF2N5O2/c1-11-7-24-20(21)25-18(11)28-9-13-6-14(10-30-2)27(19(29)17(13)26-28)8-12-3-4-15(22)16(23)5-12/h3-5,7,9,14H,6,8,10H2,1-2H3/t14-/m1/s1. The van der Waals surface area contributed by atoms with Crippen LogP contribution in [0.5, 0.6) is 0 Å². The van der Waals surface area contributed by atoms with Crippen LogP contribution in [0.3, 0.4) is 0 Å². The second-order valence-electron chi connectivity index (χ2n) is 7.09. The normalized spacial score (nSPS) is 16.1. The number of methoxy groups -OCH3 is 1. The van der Waals surface area contributed by atoms with Gasteiger partial charge in [-0.3, -0.25) is 4.79 Å². The molecule has 1 amide bonds. The summed E-state index contributed by atoms with van der Waals surface area (Å²) < 4.78 is 33.7. The number of fused-ring (bicyclic) bond motifs is 1. The van der Waals surface area contributed by atoms with Crippen molar-refractivity contribution in [3.05, 3.63) is 69.9 Å². The van der Waals surface area contributed by atoms with Crippen molar-refractivity contribution in [3.8, 4) is 5.82 Å². The van der Waals surface area contributed by atoms with Crippen LogP contribution in [0.25, 0.3) is 5.82 Å². The lowest BCUT2D eigenvalue weighted by Gasteiger charge is -2.34. The van der Waals surface area contributed by atoms with E-state index in [0.29, 0.717) is 24.4 Å². The van der Waals surface area contributed by atoms with Gasteiger partial charge in [0.25, 0.3) is 5.91 Å². The van der Waals surface area contributed by atoms with Crippen molar-refractivity contribution in [1.29, 1.82) is 0 Å². The molecule has 3 heterocycles. The van der Waals surface area contributed by atoms with Crippen LogP contribution < -0.4 is 0 Å². The van der Waals surface area contributed by atoms with E-state index in [1.54, 1.807) is 24.4 Å². The van der Waals surface area contributed by atoms with Crippen LogP contribution in [-0.4, -0.2) is 50.3 Å². The van der Waals surface area contributed by atoms with E-state index in [1.807, 2.05) is 6.92 Å². The number of halogens is 3. The van der Waals surface area contributed by atoms with Gasteiger partial charge >= 0.3 is 0 Å². The summed E-state index contributed by atoms with van der Waals surface area (Å²) in [6, 6.07) is 3.31. The first-order chi connectivity index (χ1) is 14.4. The van der Waals surface area contributed by atoms with Gasteiger partial charge in [0.05, 0.1) is 12.6 Å². The number of carbonyl (C=O) groups excluding carboxylic acids is 1. The van der Waals surface area contributed by atoms with E-state index in [9.17, 15) is 13.6 Å². The third-order valence-electron chi connectivity index (χ3n) is 4.98. The highest BCUT2D eigenvalue weighted by Gasteiger charge is 2.35. The molecule has 0 bridgehead atoms. The smallest absolute Gasteiger partial charge is 0.275 e. The van der Waals surface area contributed by atoms with Gasteiger partial charge in [-0.25, -0.2) is 18.4 Å². The number of rotatable bonds is 5. The minimum Gasteiger partial charge on any atom is -0.383 e. The molecule has 0 fully saturated rings. The highest BCUT2D eigenvalue weighted by atomic mass is 35.5. The molecular formula is C20H18ClF2N5O2. The Morgan fingerprint density at radius 3 is 2.83 bits per heavy atom. The average molecular weight is 434 g/mol. The summed E-state index contributed by atoms with van der Waals surface area (Å²) in [5, 5.41) is 4.50. The summed E-state index contributed by atoms with van der Waals surface area (Å²) in [5.74, 6) is -1.73. The summed E-state index contributed by atoms with van der Waals surface area (Å²) in [4.78, 5) is 22.9. The number of ether oxygens (including phenoxy) is 1. The van der Waals surface area contributed by atoms with Crippen LogP contribution in [0, 0.1) is 18.6 Å². The average Bonchev–Trinajstić information content (AvgIpc) is 3.14. The summed E-state index contributed by atoms with van der Waals surface area (Å²) in [6.07, 6.45) is 3.82. The molecule has 0 spiro atoms. The van der Waals surface area contributed by atoms with Gasteiger partial charge in [0.1, 0.15) is 0 Å². The van der Waals surface area contributed by atoms with Gasteiger partial charge in [-0.1, -0.05) is 6.07 Å². The molecule has 7 nitrogen and oxygen atoms in total. The van der Waals surface area contributed by atoms with E-state index >= 15 is 0 Å². The van der Waals surface area contributed by atoms with E-state index in [-0.39, 0.29) is 29.5 Å². The van der Waals surface area contributed by atoms with Crippen molar-refractivity contribution in [2.75, 3.05) is 13.7 Å². The molecule has 1 aromatic carbocycles. The zero-order valence-corrected chi connectivity index (χ0v) is 17.0. The number of carbonyl (C=O) groups is 1. The van der Waals surface area contributed by atoms with Gasteiger partial charge < -0.3 is 9.64 Å². The monoisotopic (exact) mass is 433 g/mol. The van der Waals surface area contributed by atoms with Crippen molar-refractivity contribution in [2.24, 2.45) is 0 Å². The molecule has 0 unspecified atom stereocenters. The van der Waals surface area contributed by atoms with Gasteiger partial charge in [0.2, 0.25) is 5.28 Å². The Labute approximate surface area is 176 Å². The van der Waals surface area contributed by atoms with E-state index in [0.717, 1.165) is 23.3 Å². The number of benzene rings is 1. The first-order valence-electron chi connectivity index (χ1n) is 9.19. The van der Waals surface area contributed by atoms with Crippen molar-refractivity contribution in [2.45, 2.75) is 25.9 Å². The maximum Gasteiger partial charge on any atom is 0.275 e. The fourth-order valence-corrected chi connectivity index (χ4v) is 3.66. The third-order valence-corrected chi connectivity index (χ3v) is 5.16. The molecule has 1 aliphatic rings. The van der Waals surface area contributed by atoms with E-state index in [1.165, 1.54) is 10.7 Å². The highest BCUT2D eigenvalue weighted by Crippen LogP contribution is 2.26. The predicted octanol–water partition coefficient (Wildman–Crippen LogP) is 3.12. The van der Waals surface area contributed by atoms with Gasteiger partial charge in [-0.2, -0.15) is 10.1 Å². The number of aromatic nitrogens is 4. The van der Waals surface area contributed by atoms with Crippen molar-refractivity contribution in [1.82, 2.24) is 24.6 Å². The maximum atomic E-state index is 13.6. The molecule has 0 aliphatic carbocycles. The largest absolute Gasteiger partial charge is 0.383 e. The molecule has 0 saturated heterocycles. The van der Waals surface area contributed by atoms with E-state index < -0.39 is 11.6 Å². The lowest BCUT2D eigenvalue weighted by Crippen LogP contribution is -2.47. The van der Waals surface area contributed by atoms with Crippen LogP contribution >= 0.6 is 11.6 Å². The van der Waals surface area contributed by atoms with Crippen LogP contribution in [0.15, 0.2) is 30.6 Å². The molecule has 3 aromatic rings. The molecule has 1 aliphatic heterocycles. The molecule has 0 N–H and O–H groups in total. The Kier molecular flexibility index (Phi) is 5.48. The van der Waals surface area contributed by atoms with Crippen molar-refractivity contribution in [3.63, 3.8) is 0 Å². The van der Waals surface area contributed by atoms with Gasteiger partial charge in [0.15, 0.2) is 23.1 Å².